The summed E-state index contributed by atoms with van der Waals surface area (Å²) in [7, 11) is 0. The molecule has 0 bridgehead atoms. The topological polar surface area (TPSA) is 89.1 Å². The van der Waals surface area contributed by atoms with E-state index in [0.717, 1.165) is 11.4 Å². The number of carbonyl (C=O) groups excluding carboxylic acids is 1. The molecule has 2 aromatic heterocycles. The summed E-state index contributed by atoms with van der Waals surface area (Å²) in [4.78, 5) is 34.0. The molecular weight excluding hydrogens is 430 g/mol. The summed E-state index contributed by atoms with van der Waals surface area (Å²) >= 11 is 6.09. The van der Waals surface area contributed by atoms with Gasteiger partial charge in [0.05, 0.1) is 5.69 Å². The van der Waals surface area contributed by atoms with E-state index < -0.39 is 0 Å². The third kappa shape index (κ3) is 3.82. The molecule has 9 nitrogen and oxygen atoms in total. The lowest BCUT2D eigenvalue weighted by Crippen LogP contribution is -2.50. The molecule has 162 valence electrons. The van der Waals surface area contributed by atoms with Gasteiger partial charge >= 0.3 is 0 Å². The van der Waals surface area contributed by atoms with E-state index in [1.165, 1.54) is 15.6 Å². The van der Waals surface area contributed by atoms with Crippen LogP contribution in [0.25, 0.3) is 16.9 Å². The van der Waals surface area contributed by atoms with Gasteiger partial charge in [-0.3, -0.25) is 14.2 Å². The van der Waals surface area contributed by atoms with E-state index in [1.54, 1.807) is 4.90 Å². The van der Waals surface area contributed by atoms with E-state index in [0.29, 0.717) is 36.8 Å². The number of para-hydroxylation sites is 1. The predicted octanol–water partition coefficient (Wildman–Crippen LogP) is 1.98. The van der Waals surface area contributed by atoms with Crippen LogP contribution in [0.2, 0.25) is 5.02 Å². The summed E-state index contributed by atoms with van der Waals surface area (Å²) in [5, 5.41) is 8.75. The maximum absolute atomic E-state index is 12.9. The zero-order valence-electron chi connectivity index (χ0n) is 17.1. The van der Waals surface area contributed by atoms with E-state index in [9.17, 15) is 9.59 Å². The highest BCUT2D eigenvalue weighted by molar-refractivity contribution is 6.30. The molecule has 1 aliphatic heterocycles. The lowest BCUT2D eigenvalue weighted by molar-refractivity contribution is -0.132. The molecule has 1 amide bonds. The highest BCUT2D eigenvalue weighted by atomic mass is 35.5. The van der Waals surface area contributed by atoms with Gasteiger partial charge in [0, 0.05) is 36.9 Å². The second-order valence-electron chi connectivity index (χ2n) is 7.53. The second kappa shape index (κ2) is 8.43. The van der Waals surface area contributed by atoms with Crippen LogP contribution in [-0.4, -0.2) is 61.5 Å². The number of halogens is 1. The van der Waals surface area contributed by atoms with Crippen molar-refractivity contribution in [3.05, 3.63) is 76.3 Å². The van der Waals surface area contributed by atoms with Crippen molar-refractivity contribution in [2.45, 2.75) is 6.54 Å². The normalized spacial score (nSPS) is 14.2. The summed E-state index contributed by atoms with van der Waals surface area (Å²) in [6.45, 7) is 2.45. The minimum Gasteiger partial charge on any atom is -0.368 e. The lowest BCUT2D eigenvalue weighted by atomic mass is 10.2. The van der Waals surface area contributed by atoms with Crippen molar-refractivity contribution in [1.82, 2.24) is 29.4 Å². The Morgan fingerprint density at radius 1 is 0.969 bits per heavy atom. The average molecular weight is 450 g/mol. The van der Waals surface area contributed by atoms with Crippen LogP contribution in [0.1, 0.15) is 0 Å². The van der Waals surface area contributed by atoms with Crippen molar-refractivity contribution in [1.29, 1.82) is 0 Å². The Kier molecular flexibility index (Phi) is 5.32. The smallest absolute Gasteiger partial charge is 0.284 e. The van der Waals surface area contributed by atoms with Crippen molar-refractivity contribution in [3.8, 4) is 5.69 Å². The first-order valence-corrected chi connectivity index (χ1v) is 10.6. The zero-order chi connectivity index (χ0) is 22.1. The van der Waals surface area contributed by atoms with Crippen LogP contribution in [0.5, 0.6) is 0 Å². The molecule has 0 atom stereocenters. The molecular formula is C22H20ClN7O2. The Morgan fingerprint density at radius 3 is 2.47 bits per heavy atom. The number of piperazine rings is 1. The Morgan fingerprint density at radius 2 is 1.72 bits per heavy atom. The summed E-state index contributed by atoms with van der Waals surface area (Å²) < 4.78 is 2.80. The molecule has 0 unspecified atom stereocenters. The molecule has 0 aliphatic carbocycles. The quantitative estimate of drug-likeness (QED) is 0.473. The van der Waals surface area contributed by atoms with Crippen molar-refractivity contribution >= 4 is 34.4 Å². The van der Waals surface area contributed by atoms with Gasteiger partial charge in [-0.05, 0) is 30.3 Å². The number of anilines is 1. The van der Waals surface area contributed by atoms with Gasteiger partial charge in [0.1, 0.15) is 12.9 Å². The molecule has 3 heterocycles. The first kappa shape index (κ1) is 20.2. The number of carbonyl (C=O) groups is 1. The summed E-state index contributed by atoms with van der Waals surface area (Å²) in [5.74, 6) is -0.130. The van der Waals surface area contributed by atoms with Crippen LogP contribution >= 0.6 is 11.6 Å². The van der Waals surface area contributed by atoms with E-state index in [1.807, 2.05) is 54.6 Å². The molecule has 10 heteroatoms. The Balaban J connectivity index is 1.29. The molecule has 0 saturated carbocycles. The fraction of sp³-hybridized carbons (Fsp3) is 0.227. The van der Waals surface area contributed by atoms with E-state index in [2.05, 4.69) is 20.2 Å². The van der Waals surface area contributed by atoms with Crippen LogP contribution in [0.3, 0.4) is 0 Å². The predicted molar refractivity (Wildman–Crippen MR) is 121 cm³/mol. The van der Waals surface area contributed by atoms with E-state index in [-0.39, 0.29) is 23.5 Å². The molecule has 0 radical (unpaired) electrons. The largest absolute Gasteiger partial charge is 0.368 e. The molecule has 1 aliphatic rings. The molecule has 0 spiro atoms. The lowest BCUT2D eigenvalue weighted by Gasteiger charge is -2.36. The van der Waals surface area contributed by atoms with Gasteiger partial charge in [-0.15, -0.1) is 5.10 Å². The van der Waals surface area contributed by atoms with Gasteiger partial charge < -0.3 is 9.80 Å². The summed E-state index contributed by atoms with van der Waals surface area (Å²) in [6, 6.07) is 17.0. The van der Waals surface area contributed by atoms with Crippen LogP contribution in [0.15, 0.2) is 65.7 Å². The number of hydrogen-bond donors (Lipinski definition) is 0. The van der Waals surface area contributed by atoms with Crippen LogP contribution in [-0.2, 0) is 11.3 Å². The number of rotatable bonds is 4. The SMILES string of the molecule is O=C(Cn1cnc2c(nnn2-c2ccccc2)c1=O)N1CCN(c2cccc(Cl)c2)CC1. The number of fused-ring (bicyclic) bond motifs is 1. The minimum absolute atomic E-state index is 0.0862. The van der Waals surface area contributed by atoms with Gasteiger partial charge in [-0.25, -0.2) is 4.98 Å². The van der Waals surface area contributed by atoms with Crippen molar-refractivity contribution in [2.24, 2.45) is 0 Å². The molecule has 5 rings (SSSR count). The fourth-order valence-corrected chi connectivity index (χ4v) is 4.02. The first-order chi connectivity index (χ1) is 15.6. The Hall–Kier alpha value is -3.72. The number of aromatic nitrogens is 5. The highest BCUT2D eigenvalue weighted by Crippen LogP contribution is 2.21. The van der Waals surface area contributed by atoms with E-state index >= 15 is 0 Å². The fourth-order valence-electron chi connectivity index (χ4n) is 3.83. The third-order valence-electron chi connectivity index (χ3n) is 5.54. The second-order valence-corrected chi connectivity index (χ2v) is 7.97. The summed E-state index contributed by atoms with van der Waals surface area (Å²) in [6.07, 6.45) is 1.38. The van der Waals surface area contributed by atoms with Gasteiger partial charge in [0.15, 0.2) is 11.2 Å². The molecule has 1 fully saturated rings. The molecule has 32 heavy (non-hydrogen) atoms. The van der Waals surface area contributed by atoms with Gasteiger partial charge in [0.25, 0.3) is 5.56 Å². The number of benzene rings is 2. The van der Waals surface area contributed by atoms with Crippen LogP contribution in [0, 0.1) is 0 Å². The molecule has 0 N–H and O–H groups in total. The monoisotopic (exact) mass is 449 g/mol. The van der Waals surface area contributed by atoms with Gasteiger partial charge in [-0.2, -0.15) is 4.68 Å². The number of amides is 1. The van der Waals surface area contributed by atoms with E-state index in [4.69, 9.17) is 11.6 Å². The highest BCUT2D eigenvalue weighted by Gasteiger charge is 2.23. The number of hydrogen-bond acceptors (Lipinski definition) is 6. The maximum atomic E-state index is 12.9. The van der Waals surface area contributed by atoms with Crippen molar-refractivity contribution in [2.75, 3.05) is 31.1 Å². The average Bonchev–Trinajstić information content (AvgIpc) is 3.26. The van der Waals surface area contributed by atoms with Crippen LogP contribution in [0.4, 0.5) is 5.69 Å². The first-order valence-electron chi connectivity index (χ1n) is 10.2. The Bertz CT molecular complexity index is 1330. The zero-order valence-corrected chi connectivity index (χ0v) is 17.9. The van der Waals surface area contributed by atoms with Gasteiger partial charge in [0.2, 0.25) is 5.91 Å². The third-order valence-corrected chi connectivity index (χ3v) is 5.78. The maximum Gasteiger partial charge on any atom is 0.284 e. The molecule has 2 aromatic carbocycles. The minimum atomic E-state index is -0.386. The summed E-state index contributed by atoms with van der Waals surface area (Å²) in [5.41, 5.74) is 1.91. The van der Waals surface area contributed by atoms with Crippen molar-refractivity contribution < 1.29 is 4.79 Å². The standard InChI is InChI=1S/C22H20ClN7O2/c23-16-5-4-8-18(13-16)27-9-11-28(12-10-27)19(31)14-29-15-24-21-20(22(29)32)25-26-30(21)17-6-2-1-3-7-17/h1-8,13,15H,9-12,14H2. The number of nitrogens with zero attached hydrogens (tertiary/aromatic N) is 7. The molecule has 4 aromatic rings. The van der Waals surface area contributed by atoms with Crippen molar-refractivity contribution in [3.63, 3.8) is 0 Å². The molecule has 1 saturated heterocycles. The Labute approximate surface area is 188 Å². The van der Waals surface area contributed by atoms with Gasteiger partial charge in [-0.1, -0.05) is 41.1 Å². The van der Waals surface area contributed by atoms with Crippen LogP contribution < -0.4 is 10.5 Å².